The third-order valence-electron chi connectivity index (χ3n) is 11.4. The van der Waals surface area contributed by atoms with Crippen molar-refractivity contribution in [2.75, 3.05) is 6.61 Å². The Bertz CT molecular complexity index is 3040. The number of hydrogen-bond donors (Lipinski definition) is 0. The van der Waals surface area contributed by atoms with Crippen LogP contribution in [0.15, 0.2) is 157 Å². The smallest absolute Gasteiger partial charge is 0.0984 e. The van der Waals surface area contributed by atoms with Crippen molar-refractivity contribution in [3.05, 3.63) is 163 Å². The fraction of sp³-hybridized carbons (Fsp3) is 0.0800. The van der Waals surface area contributed by atoms with E-state index < -0.39 is 0 Å². The van der Waals surface area contributed by atoms with Crippen LogP contribution in [0.3, 0.4) is 0 Å². The Hall–Kier alpha value is -6.16. The summed E-state index contributed by atoms with van der Waals surface area (Å²) in [6, 6.07) is 49.5. The molecule has 1 atom stereocenters. The Morgan fingerprint density at radius 1 is 0.491 bits per heavy atom. The van der Waals surface area contributed by atoms with Crippen molar-refractivity contribution < 1.29 is 9.15 Å². The first-order chi connectivity index (χ1) is 26.2. The van der Waals surface area contributed by atoms with Crippen molar-refractivity contribution >= 4 is 80.2 Å². The number of rotatable bonds is 4. The van der Waals surface area contributed by atoms with Crippen molar-refractivity contribution in [1.82, 2.24) is 0 Å². The third kappa shape index (κ3) is 4.38. The van der Waals surface area contributed by atoms with E-state index in [0.717, 1.165) is 17.7 Å². The molecule has 0 aliphatic carbocycles. The van der Waals surface area contributed by atoms with E-state index in [9.17, 15) is 0 Å². The van der Waals surface area contributed by atoms with Crippen LogP contribution in [0.5, 0.6) is 0 Å². The number of thiophene rings is 1. The second-order valence-electron chi connectivity index (χ2n) is 14.4. The Morgan fingerprint density at radius 2 is 0.962 bits per heavy atom. The molecule has 252 valence electrons. The van der Waals surface area contributed by atoms with Gasteiger partial charge in [-0.05, 0) is 83.9 Å². The van der Waals surface area contributed by atoms with Gasteiger partial charge in [-0.25, -0.2) is 0 Å². The molecule has 1 aliphatic rings. The first-order valence-electron chi connectivity index (χ1n) is 18.3. The molecule has 2 aromatic heterocycles. The van der Waals surface area contributed by atoms with Crippen molar-refractivity contribution in [2.24, 2.45) is 5.92 Å². The lowest BCUT2D eigenvalue weighted by Crippen LogP contribution is -2.00. The predicted molar refractivity (Wildman–Crippen MR) is 226 cm³/mol. The van der Waals surface area contributed by atoms with Crippen LogP contribution in [0.1, 0.15) is 18.1 Å². The van der Waals surface area contributed by atoms with Crippen molar-refractivity contribution in [2.45, 2.75) is 13.8 Å². The molecule has 0 fully saturated rings. The maximum absolute atomic E-state index is 5.90. The van der Waals surface area contributed by atoms with E-state index in [1.807, 2.05) is 30.1 Å². The number of hydrogen-bond acceptors (Lipinski definition) is 3. The lowest BCUT2D eigenvalue weighted by atomic mass is 9.83. The highest BCUT2D eigenvalue weighted by Gasteiger charge is 2.26. The van der Waals surface area contributed by atoms with Crippen LogP contribution in [-0.2, 0) is 4.74 Å². The molecular weight excluding hydrogens is 665 g/mol. The van der Waals surface area contributed by atoms with Crippen LogP contribution in [0.2, 0.25) is 0 Å². The lowest BCUT2D eigenvalue weighted by molar-refractivity contribution is 0.255. The van der Waals surface area contributed by atoms with E-state index in [1.54, 1.807) is 0 Å². The average molecular weight is 699 g/mol. The molecule has 3 heterocycles. The minimum Gasteiger partial charge on any atom is -0.500 e. The summed E-state index contributed by atoms with van der Waals surface area (Å²) in [5, 5.41) is 12.7. The van der Waals surface area contributed by atoms with Gasteiger partial charge < -0.3 is 9.15 Å². The molecule has 2 nitrogen and oxygen atoms in total. The minimum atomic E-state index is 0.334. The highest BCUT2D eigenvalue weighted by Crippen LogP contribution is 2.51. The SMILES string of the molecule is Cc1cocc1-c1c2ccccc2c(-c2cccc3c2sc2cccc(-c4c5ccccc5c(C5=COCC5C)c5ccccc45)c23)c2ccccc12. The number of benzene rings is 8. The summed E-state index contributed by atoms with van der Waals surface area (Å²) in [6.07, 6.45) is 5.74. The van der Waals surface area contributed by atoms with Crippen molar-refractivity contribution in [1.29, 1.82) is 0 Å². The summed E-state index contributed by atoms with van der Waals surface area (Å²) >= 11 is 1.91. The molecule has 0 saturated heterocycles. The van der Waals surface area contributed by atoms with Gasteiger partial charge in [0, 0.05) is 48.4 Å². The van der Waals surface area contributed by atoms with Crippen LogP contribution in [0.25, 0.3) is 102 Å². The van der Waals surface area contributed by atoms with E-state index in [4.69, 9.17) is 9.15 Å². The van der Waals surface area contributed by atoms with Gasteiger partial charge in [0.05, 0.1) is 25.4 Å². The van der Waals surface area contributed by atoms with Crippen LogP contribution >= 0.6 is 11.3 Å². The summed E-state index contributed by atoms with van der Waals surface area (Å²) in [6.45, 7) is 5.12. The van der Waals surface area contributed by atoms with Gasteiger partial charge in [0.2, 0.25) is 0 Å². The first kappa shape index (κ1) is 30.5. The maximum Gasteiger partial charge on any atom is 0.0984 e. The van der Waals surface area contributed by atoms with E-state index >= 15 is 0 Å². The molecule has 10 aromatic rings. The Morgan fingerprint density at radius 3 is 1.47 bits per heavy atom. The summed E-state index contributed by atoms with van der Waals surface area (Å²) in [7, 11) is 0. The quantitative estimate of drug-likeness (QED) is 0.171. The van der Waals surface area contributed by atoms with Gasteiger partial charge in [-0.15, -0.1) is 11.3 Å². The van der Waals surface area contributed by atoms with Gasteiger partial charge in [0.25, 0.3) is 0 Å². The summed E-state index contributed by atoms with van der Waals surface area (Å²) in [5.74, 6) is 0.334. The van der Waals surface area contributed by atoms with Crippen LogP contribution in [0, 0.1) is 12.8 Å². The standard InChI is InChI=1S/C50H34O2S/c1-29-25-51-27-42(29)47-35-17-7-3-13-31(35)45(32-14-4-8-18-36(32)47)39-21-12-24-44-49(39)41-23-11-22-40(50(41)53-44)46-33-15-5-9-19-37(33)48(43-28-52-26-30(43)2)38-20-10-6-16-34(38)46/h3-24,26-29H,25H2,1-2H3. The van der Waals surface area contributed by atoms with E-state index in [-0.39, 0.29) is 0 Å². The van der Waals surface area contributed by atoms with Gasteiger partial charge in [-0.3, -0.25) is 0 Å². The largest absolute Gasteiger partial charge is 0.500 e. The van der Waals surface area contributed by atoms with Crippen LogP contribution in [-0.4, -0.2) is 6.61 Å². The van der Waals surface area contributed by atoms with Crippen LogP contribution in [0.4, 0.5) is 0 Å². The minimum absolute atomic E-state index is 0.334. The van der Waals surface area contributed by atoms with Gasteiger partial charge >= 0.3 is 0 Å². The molecule has 3 heteroatoms. The van der Waals surface area contributed by atoms with Crippen molar-refractivity contribution in [3.8, 4) is 33.4 Å². The Kier molecular flexibility index (Phi) is 6.71. The molecule has 0 radical (unpaired) electrons. The van der Waals surface area contributed by atoms with Gasteiger partial charge in [-0.2, -0.15) is 0 Å². The Balaban J connectivity index is 1.24. The maximum atomic E-state index is 5.90. The second kappa shape index (κ2) is 11.7. The number of furan rings is 1. The lowest BCUT2D eigenvalue weighted by Gasteiger charge is -2.19. The van der Waals surface area contributed by atoms with Crippen molar-refractivity contribution in [3.63, 3.8) is 0 Å². The normalized spacial score (nSPS) is 14.6. The molecule has 1 aliphatic heterocycles. The van der Waals surface area contributed by atoms with Gasteiger partial charge in [-0.1, -0.05) is 134 Å². The summed E-state index contributed by atoms with van der Waals surface area (Å²) in [5.41, 5.74) is 11.2. The molecule has 0 N–H and O–H groups in total. The third-order valence-corrected chi connectivity index (χ3v) is 12.6. The Labute approximate surface area is 311 Å². The monoisotopic (exact) mass is 698 g/mol. The zero-order valence-electron chi connectivity index (χ0n) is 29.4. The number of fused-ring (bicyclic) bond motifs is 7. The zero-order valence-corrected chi connectivity index (χ0v) is 30.3. The van der Waals surface area contributed by atoms with E-state index in [1.165, 1.54) is 102 Å². The van der Waals surface area contributed by atoms with E-state index in [2.05, 4.69) is 147 Å². The van der Waals surface area contributed by atoms with Crippen LogP contribution < -0.4 is 0 Å². The molecular formula is C50H34O2S. The molecule has 0 spiro atoms. The summed E-state index contributed by atoms with van der Waals surface area (Å²) in [4.78, 5) is 0. The highest BCUT2D eigenvalue weighted by molar-refractivity contribution is 7.26. The zero-order chi connectivity index (χ0) is 35.2. The van der Waals surface area contributed by atoms with Gasteiger partial charge in [0.1, 0.15) is 0 Å². The van der Waals surface area contributed by atoms with E-state index in [0.29, 0.717) is 5.92 Å². The molecule has 0 bridgehead atoms. The number of aryl methyl sites for hydroxylation is 1. The topological polar surface area (TPSA) is 22.4 Å². The fourth-order valence-electron chi connectivity index (χ4n) is 9.10. The van der Waals surface area contributed by atoms with Gasteiger partial charge in [0.15, 0.2) is 0 Å². The first-order valence-corrected chi connectivity index (χ1v) is 19.2. The molecule has 8 aromatic carbocycles. The molecule has 11 rings (SSSR count). The highest BCUT2D eigenvalue weighted by atomic mass is 32.1. The number of ether oxygens (including phenoxy) is 1. The second-order valence-corrected chi connectivity index (χ2v) is 15.5. The fourth-order valence-corrected chi connectivity index (χ4v) is 10.4. The average Bonchev–Trinajstić information content (AvgIpc) is 3.94. The predicted octanol–water partition coefficient (Wildman–Crippen LogP) is 14.6. The molecule has 0 saturated carbocycles. The molecule has 0 amide bonds. The summed E-state index contributed by atoms with van der Waals surface area (Å²) < 4.78 is 14.2. The molecule has 1 unspecified atom stereocenters. The molecule has 53 heavy (non-hydrogen) atoms.